The van der Waals surface area contributed by atoms with Gasteiger partial charge in [0.25, 0.3) is 0 Å². The van der Waals surface area contributed by atoms with Crippen molar-refractivity contribution in [2.24, 2.45) is 0 Å². The van der Waals surface area contributed by atoms with Crippen molar-refractivity contribution in [2.75, 3.05) is 18.0 Å². The first-order valence-electron chi connectivity index (χ1n) is 6.90. The van der Waals surface area contributed by atoms with E-state index < -0.39 is 5.60 Å². The summed E-state index contributed by atoms with van der Waals surface area (Å²) in [6.45, 7) is 8.83. The Balaban J connectivity index is 1.66. The van der Waals surface area contributed by atoms with Crippen LogP contribution in [0.1, 0.15) is 33.0 Å². The van der Waals surface area contributed by atoms with Gasteiger partial charge in [0.05, 0.1) is 12.1 Å². The number of ether oxygens (including phenoxy) is 1. The molecular weight excluding hydrogens is 260 g/mol. The molecule has 7 heteroatoms. The second-order valence-electron chi connectivity index (χ2n) is 6.45. The molecule has 2 bridgehead atoms. The Morgan fingerprint density at radius 2 is 2.10 bits per heavy atom. The first-order chi connectivity index (χ1) is 9.33. The number of fused-ring (bicyclic) bond motifs is 2. The van der Waals surface area contributed by atoms with Crippen molar-refractivity contribution < 1.29 is 14.1 Å². The van der Waals surface area contributed by atoms with Gasteiger partial charge in [0.15, 0.2) is 5.82 Å². The second kappa shape index (κ2) is 4.36. The number of hydrogen-bond acceptors (Lipinski definition) is 6. The number of anilines is 1. The highest BCUT2D eigenvalue weighted by Crippen LogP contribution is 2.34. The molecule has 0 saturated carbocycles. The summed E-state index contributed by atoms with van der Waals surface area (Å²) in [5.74, 6) is 0.631. The predicted molar refractivity (Wildman–Crippen MR) is 71.5 cm³/mol. The molecule has 0 aromatic carbocycles. The summed E-state index contributed by atoms with van der Waals surface area (Å²) in [6, 6.07) is 0.966. The van der Waals surface area contributed by atoms with Gasteiger partial charge in [-0.1, -0.05) is 5.16 Å². The Hall–Kier alpha value is -1.79. The van der Waals surface area contributed by atoms with Crippen LogP contribution in [-0.4, -0.2) is 51.9 Å². The number of carbonyl (C=O) groups is 1. The first-order valence-corrected chi connectivity index (χ1v) is 6.90. The fourth-order valence-electron chi connectivity index (χ4n) is 2.85. The molecule has 0 unspecified atom stereocenters. The highest BCUT2D eigenvalue weighted by atomic mass is 16.6. The molecule has 0 aliphatic carbocycles. The van der Waals surface area contributed by atoms with Gasteiger partial charge < -0.3 is 19.1 Å². The molecule has 20 heavy (non-hydrogen) atoms. The van der Waals surface area contributed by atoms with E-state index in [1.807, 2.05) is 25.7 Å². The fraction of sp³-hybridized carbons (Fsp3) is 0.769. The minimum atomic E-state index is -0.456. The largest absolute Gasteiger partial charge is 0.444 e. The van der Waals surface area contributed by atoms with Gasteiger partial charge in [0.2, 0.25) is 0 Å². The van der Waals surface area contributed by atoms with Gasteiger partial charge >= 0.3 is 12.1 Å². The number of likely N-dealkylation sites (tertiary alicyclic amines) is 1. The molecule has 1 aromatic heterocycles. The number of aromatic nitrogens is 2. The molecule has 2 saturated heterocycles. The number of carbonyl (C=O) groups excluding carboxylic acids is 1. The maximum Gasteiger partial charge on any atom is 0.410 e. The third kappa shape index (κ3) is 2.32. The Morgan fingerprint density at radius 1 is 1.35 bits per heavy atom. The average Bonchev–Trinajstić information content (AvgIpc) is 2.99. The summed E-state index contributed by atoms with van der Waals surface area (Å²) >= 11 is 0. The molecule has 7 nitrogen and oxygen atoms in total. The summed E-state index contributed by atoms with van der Waals surface area (Å²) in [6.07, 6.45) is 0.701. The minimum absolute atomic E-state index is 0.169. The van der Waals surface area contributed by atoms with Crippen molar-refractivity contribution >= 4 is 12.1 Å². The SMILES string of the molecule is Cc1noc(N2C[C@@H]3C[C@H]2CN3C(=O)OC(C)(C)C)n1. The molecule has 0 spiro atoms. The normalized spacial score (nSPS) is 25.4. The summed E-state index contributed by atoms with van der Waals surface area (Å²) in [4.78, 5) is 20.3. The van der Waals surface area contributed by atoms with E-state index >= 15 is 0 Å². The number of rotatable bonds is 1. The summed E-state index contributed by atoms with van der Waals surface area (Å²) in [5.41, 5.74) is -0.456. The van der Waals surface area contributed by atoms with E-state index in [2.05, 4.69) is 15.0 Å². The van der Waals surface area contributed by atoms with Gasteiger partial charge in [-0.2, -0.15) is 4.98 Å². The monoisotopic (exact) mass is 280 g/mol. The Labute approximate surface area is 117 Å². The van der Waals surface area contributed by atoms with E-state index in [9.17, 15) is 4.79 Å². The van der Waals surface area contributed by atoms with E-state index in [1.165, 1.54) is 0 Å². The molecule has 1 aromatic rings. The smallest absolute Gasteiger partial charge is 0.410 e. The Morgan fingerprint density at radius 3 is 2.60 bits per heavy atom. The minimum Gasteiger partial charge on any atom is -0.444 e. The quantitative estimate of drug-likeness (QED) is 0.777. The van der Waals surface area contributed by atoms with Gasteiger partial charge in [-0.25, -0.2) is 4.79 Å². The van der Waals surface area contributed by atoms with E-state index in [4.69, 9.17) is 9.26 Å². The zero-order chi connectivity index (χ0) is 14.5. The third-order valence-corrected chi connectivity index (χ3v) is 3.63. The molecule has 2 fully saturated rings. The van der Waals surface area contributed by atoms with Crippen LogP contribution in [0.25, 0.3) is 0 Å². The average molecular weight is 280 g/mol. The van der Waals surface area contributed by atoms with Gasteiger partial charge in [0.1, 0.15) is 5.60 Å². The van der Waals surface area contributed by atoms with Crippen LogP contribution in [0, 0.1) is 6.92 Å². The lowest BCUT2D eigenvalue weighted by Crippen LogP contribution is -2.50. The second-order valence-corrected chi connectivity index (χ2v) is 6.45. The Kier molecular flexibility index (Phi) is 2.88. The predicted octanol–water partition coefficient (Wildman–Crippen LogP) is 1.58. The van der Waals surface area contributed by atoms with E-state index in [1.54, 1.807) is 6.92 Å². The molecule has 3 heterocycles. The standard InChI is InChI=1S/C13H20N4O3/c1-8-14-11(20-15-8)16-6-10-5-9(16)7-17(10)12(18)19-13(2,3)4/h9-10H,5-7H2,1-4H3/t9-,10-/m0/s1. The Bertz CT molecular complexity index is 522. The number of hydrogen-bond donors (Lipinski definition) is 0. The third-order valence-electron chi connectivity index (χ3n) is 3.63. The molecule has 2 atom stereocenters. The van der Waals surface area contributed by atoms with Gasteiger partial charge in [0, 0.05) is 13.1 Å². The highest BCUT2D eigenvalue weighted by molar-refractivity contribution is 5.70. The number of nitrogens with zero attached hydrogens (tertiary/aromatic N) is 4. The van der Waals surface area contributed by atoms with E-state index in [0.29, 0.717) is 18.4 Å². The van der Waals surface area contributed by atoms with Gasteiger partial charge in [-0.3, -0.25) is 0 Å². The van der Waals surface area contributed by atoms with Crippen LogP contribution in [0.5, 0.6) is 0 Å². The van der Waals surface area contributed by atoms with E-state index in [-0.39, 0.29) is 18.2 Å². The van der Waals surface area contributed by atoms with Crippen LogP contribution in [-0.2, 0) is 4.74 Å². The van der Waals surface area contributed by atoms with Crippen molar-refractivity contribution in [3.05, 3.63) is 5.82 Å². The molecule has 0 N–H and O–H groups in total. The van der Waals surface area contributed by atoms with Crippen LogP contribution in [0.15, 0.2) is 4.52 Å². The lowest BCUT2D eigenvalue weighted by molar-refractivity contribution is 0.0213. The van der Waals surface area contributed by atoms with Crippen LogP contribution < -0.4 is 4.90 Å². The fourth-order valence-corrected chi connectivity index (χ4v) is 2.85. The molecule has 3 rings (SSSR count). The van der Waals surface area contributed by atoms with Gasteiger partial charge in [-0.15, -0.1) is 0 Å². The summed E-state index contributed by atoms with van der Waals surface area (Å²) in [7, 11) is 0. The van der Waals surface area contributed by atoms with Crippen LogP contribution >= 0.6 is 0 Å². The summed E-state index contributed by atoms with van der Waals surface area (Å²) in [5, 5.41) is 3.81. The van der Waals surface area contributed by atoms with E-state index in [0.717, 1.165) is 13.0 Å². The lowest BCUT2D eigenvalue weighted by atomic mass is 10.2. The van der Waals surface area contributed by atoms with Crippen LogP contribution in [0.2, 0.25) is 0 Å². The molecule has 2 aliphatic heterocycles. The zero-order valence-electron chi connectivity index (χ0n) is 12.3. The number of piperazine rings is 1. The van der Waals surface area contributed by atoms with Crippen LogP contribution in [0.4, 0.5) is 10.8 Å². The van der Waals surface area contributed by atoms with Crippen molar-refractivity contribution in [1.29, 1.82) is 0 Å². The zero-order valence-corrected chi connectivity index (χ0v) is 12.3. The highest BCUT2D eigenvalue weighted by Gasteiger charge is 2.48. The lowest BCUT2D eigenvalue weighted by Gasteiger charge is -2.34. The number of amides is 1. The first kappa shape index (κ1) is 13.2. The van der Waals surface area contributed by atoms with Gasteiger partial charge in [-0.05, 0) is 34.1 Å². The molecule has 2 aliphatic rings. The van der Waals surface area contributed by atoms with Crippen LogP contribution in [0.3, 0.4) is 0 Å². The molecular formula is C13H20N4O3. The van der Waals surface area contributed by atoms with Crippen molar-refractivity contribution in [3.63, 3.8) is 0 Å². The molecule has 0 radical (unpaired) electrons. The van der Waals surface area contributed by atoms with Crippen molar-refractivity contribution in [3.8, 4) is 0 Å². The maximum absolute atomic E-state index is 12.1. The maximum atomic E-state index is 12.1. The number of aryl methyl sites for hydroxylation is 1. The summed E-state index contributed by atoms with van der Waals surface area (Å²) < 4.78 is 10.6. The molecule has 1 amide bonds. The van der Waals surface area contributed by atoms with Crippen molar-refractivity contribution in [1.82, 2.24) is 15.0 Å². The topological polar surface area (TPSA) is 71.7 Å². The van der Waals surface area contributed by atoms with Crippen molar-refractivity contribution in [2.45, 2.75) is 51.8 Å². The molecule has 110 valence electrons.